The van der Waals surface area contributed by atoms with Crippen molar-refractivity contribution in [3.05, 3.63) is 35.4 Å². The van der Waals surface area contributed by atoms with Gasteiger partial charge in [-0.25, -0.2) is 13.1 Å². The normalized spacial score (nSPS) is 16.3. The van der Waals surface area contributed by atoms with Crippen molar-refractivity contribution >= 4 is 10.0 Å². The van der Waals surface area contributed by atoms with Crippen LogP contribution in [-0.4, -0.2) is 25.9 Å². The smallest absolute Gasteiger partial charge is 0.212 e. The van der Waals surface area contributed by atoms with Crippen LogP contribution in [0, 0.1) is 17.8 Å². The van der Waals surface area contributed by atoms with Gasteiger partial charge in [0.15, 0.2) is 0 Å². The van der Waals surface area contributed by atoms with Crippen LogP contribution in [0.5, 0.6) is 0 Å². The lowest BCUT2D eigenvalue weighted by Gasteiger charge is -2.14. The highest BCUT2D eigenvalue weighted by Crippen LogP contribution is 2.30. The molecular formula is C15H19NO3S. The summed E-state index contributed by atoms with van der Waals surface area (Å²) in [5, 5.41) is 8.68. The van der Waals surface area contributed by atoms with E-state index < -0.39 is 10.0 Å². The third kappa shape index (κ3) is 4.64. The molecule has 0 aliphatic heterocycles. The van der Waals surface area contributed by atoms with Crippen LogP contribution >= 0.6 is 0 Å². The number of benzene rings is 1. The molecule has 1 aromatic carbocycles. The Morgan fingerprint density at radius 3 is 2.85 bits per heavy atom. The monoisotopic (exact) mass is 293 g/mol. The average Bonchev–Trinajstić information content (AvgIpc) is 3.19. The Labute approximate surface area is 120 Å². The molecule has 1 fully saturated rings. The van der Waals surface area contributed by atoms with Gasteiger partial charge in [0.2, 0.25) is 10.0 Å². The number of hydrogen-bond donors (Lipinski definition) is 2. The van der Waals surface area contributed by atoms with Crippen molar-refractivity contribution in [1.82, 2.24) is 4.72 Å². The van der Waals surface area contributed by atoms with E-state index in [2.05, 4.69) is 16.6 Å². The lowest BCUT2D eigenvalue weighted by atomic mass is 10.1. The fourth-order valence-corrected chi connectivity index (χ4v) is 3.73. The van der Waals surface area contributed by atoms with E-state index in [0.717, 1.165) is 24.0 Å². The molecule has 0 heterocycles. The zero-order chi connectivity index (χ0) is 14.6. The van der Waals surface area contributed by atoms with Crippen LogP contribution in [0.2, 0.25) is 0 Å². The highest BCUT2D eigenvalue weighted by molar-refractivity contribution is 7.89. The summed E-state index contributed by atoms with van der Waals surface area (Å²) in [5.41, 5.74) is 1.64. The molecule has 1 aromatic rings. The van der Waals surface area contributed by atoms with Crippen molar-refractivity contribution in [2.75, 3.05) is 12.4 Å². The summed E-state index contributed by atoms with van der Waals surface area (Å²) in [6.07, 6.45) is 2.03. The summed E-state index contributed by atoms with van der Waals surface area (Å²) in [4.78, 5) is 0. The van der Waals surface area contributed by atoms with E-state index >= 15 is 0 Å². The lowest BCUT2D eigenvalue weighted by Crippen LogP contribution is -2.29. The Morgan fingerprint density at radius 2 is 2.20 bits per heavy atom. The maximum atomic E-state index is 11.9. The van der Waals surface area contributed by atoms with E-state index in [1.165, 1.54) is 0 Å². The van der Waals surface area contributed by atoms with Crippen LogP contribution in [0.1, 0.15) is 36.9 Å². The molecule has 0 bridgehead atoms. The molecule has 1 saturated carbocycles. The molecule has 2 N–H and O–H groups in total. The van der Waals surface area contributed by atoms with E-state index in [-0.39, 0.29) is 18.4 Å². The number of hydrogen-bond acceptors (Lipinski definition) is 3. The van der Waals surface area contributed by atoms with Gasteiger partial charge in [0.25, 0.3) is 0 Å². The quantitative estimate of drug-likeness (QED) is 0.807. The van der Waals surface area contributed by atoms with Crippen molar-refractivity contribution < 1.29 is 13.5 Å². The van der Waals surface area contributed by atoms with Crippen LogP contribution in [0.4, 0.5) is 0 Å². The number of aliphatic hydroxyl groups excluding tert-OH is 1. The molecule has 0 radical (unpaired) electrons. The Hall–Kier alpha value is -1.35. The van der Waals surface area contributed by atoms with Crippen LogP contribution in [0.15, 0.2) is 24.3 Å². The summed E-state index contributed by atoms with van der Waals surface area (Å²) < 4.78 is 26.6. The minimum absolute atomic E-state index is 0.187. The van der Waals surface area contributed by atoms with Crippen molar-refractivity contribution in [2.24, 2.45) is 5.92 Å². The highest BCUT2D eigenvalue weighted by Gasteiger charge is 2.28. The van der Waals surface area contributed by atoms with Gasteiger partial charge in [-0.15, -0.1) is 0 Å². The summed E-state index contributed by atoms with van der Waals surface area (Å²) in [7, 11) is -3.22. The molecular weight excluding hydrogens is 274 g/mol. The van der Waals surface area contributed by atoms with Gasteiger partial charge in [-0.2, -0.15) is 0 Å². The third-order valence-electron chi connectivity index (χ3n) is 3.21. The van der Waals surface area contributed by atoms with Crippen molar-refractivity contribution in [3.8, 4) is 11.8 Å². The van der Waals surface area contributed by atoms with Gasteiger partial charge in [-0.1, -0.05) is 24.0 Å². The van der Waals surface area contributed by atoms with Crippen LogP contribution < -0.4 is 4.72 Å². The molecule has 108 valence electrons. The fraction of sp³-hybridized carbons (Fsp3) is 0.467. The van der Waals surface area contributed by atoms with Crippen LogP contribution in [0.25, 0.3) is 0 Å². The molecule has 1 atom stereocenters. The maximum absolute atomic E-state index is 11.9. The minimum Gasteiger partial charge on any atom is -0.384 e. The van der Waals surface area contributed by atoms with E-state index in [1.54, 1.807) is 0 Å². The summed E-state index contributed by atoms with van der Waals surface area (Å²) in [5.74, 6) is 5.96. The molecule has 4 nitrogen and oxygen atoms in total. The zero-order valence-electron chi connectivity index (χ0n) is 11.5. The van der Waals surface area contributed by atoms with Gasteiger partial charge in [-0.05, 0) is 43.4 Å². The van der Waals surface area contributed by atoms with Gasteiger partial charge >= 0.3 is 0 Å². The molecule has 0 spiro atoms. The predicted octanol–water partition coefficient (Wildman–Crippen LogP) is 1.42. The van der Waals surface area contributed by atoms with E-state index in [9.17, 15) is 8.42 Å². The molecule has 1 aliphatic carbocycles. The first-order valence-electron chi connectivity index (χ1n) is 6.70. The summed E-state index contributed by atoms with van der Waals surface area (Å²) in [6.45, 7) is 1.64. The molecule has 5 heteroatoms. The molecule has 1 aliphatic rings. The standard InChI is InChI=1S/C15H19NO3S/c1-12(16-20(18,19)11-14-7-8-14)15-6-2-4-13(10-15)5-3-9-17/h2,4,6,10,12,14,16-17H,7-9,11H2,1H3. The van der Waals surface area contributed by atoms with Crippen LogP contribution in [-0.2, 0) is 10.0 Å². The zero-order valence-corrected chi connectivity index (χ0v) is 12.3. The topological polar surface area (TPSA) is 66.4 Å². The second kappa shape index (κ2) is 6.40. The second-order valence-corrected chi connectivity index (χ2v) is 6.95. The molecule has 0 saturated heterocycles. The Bertz CT molecular complexity index is 624. The Morgan fingerprint density at radius 1 is 1.45 bits per heavy atom. The number of aliphatic hydroxyl groups is 1. The van der Waals surface area contributed by atoms with E-state index in [0.29, 0.717) is 5.92 Å². The van der Waals surface area contributed by atoms with Crippen LogP contribution in [0.3, 0.4) is 0 Å². The summed E-state index contributed by atoms with van der Waals surface area (Å²) >= 11 is 0. The van der Waals surface area contributed by atoms with Gasteiger partial charge in [0.1, 0.15) is 6.61 Å². The fourth-order valence-electron chi connectivity index (χ4n) is 2.01. The van der Waals surface area contributed by atoms with Gasteiger partial charge < -0.3 is 5.11 Å². The Kier molecular flexibility index (Phi) is 4.81. The molecule has 1 unspecified atom stereocenters. The first-order chi connectivity index (χ1) is 9.50. The van der Waals surface area contributed by atoms with E-state index in [1.807, 2.05) is 31.2 Å². The number of nitrogens with one attached hydrogen (secondary N) is 1. The Balaban J connectivity index is 2.06. The third-order valence-corrected chi connectivity index (χ3v) is 4.83. The van der Waals surface area contributed by atoms with E-state index in [4.69, 9.17) is 5.11 Å². The first-order valence-corrected chi connectivity index (χ1v) is 8.35. The predicted molar refractivity (Wildman–Crippen MR) is 78.5 cm³/mol. The molecule has 0 aromatic heterocycles. The highest BCUT2D eigenvalue weighted by atomic mass is 32.2. The molecule has 20 heavy (non-hydrogen) atoms. The maximum Gasteiger partial charge on any atom is 0.212 e. The molecule has 0 amide bonds. The minimum atomic E-state index is -3.22. The largest absolute Gasteiger partial charge is 0.384 e. The number of rotatable bonds is 5. The van der Waals surface area contributed by atoms with Crippen molar-refractivity contribution in [2.45, 2.75) is 25.8 Å². The van der Waals surface area contributed by atoms with Gasteiger partial charge in [-0.3, -0.25) is 0 Å². The second-order valence-electron chi connectivity index (χ2n) is 5.15. The van der Waals surface area contributed by atoms with Crippen molar-refractivity contribution in [3.63, 3.8) is 0 Å². The SMILES string of the molecule is CC(NS(=O)(=O)CC1CC1)c1cccc(C#CCO)c1. The van der Waals surface area contributed by atoms with Gasteiger partial charge in [0.05, 0.1) is 5.75 Å². The van der Waals surface area contributed by atoms with Gasteiger partial charge in [0, 0.05) is 11.6 Å². The van der Waals surface area contributed by atoms with Crippen molar-refractivity contribution in [1.29, 1.82) is 0 Å². The number of sulfonamides is 1. The average molecular weight is 293 g/mol. The summed E-state index contributed by atoms with van der Waals surface area (Å²) in [6, 6.07) is 7.09. The lowest BCUT2D eigenvalue weighted by molar-refractivity contribution is 0.350. The molecule has 2 rings (SSSR count). The first kappa shape index (κ1) is 15.0.